The molecule has 1 atom stereocenters. The number of alkyl carbamates (subject to hydrolysis) is 1. The van der Waals surface area contributed by atoms with E-state index in [0.717, 1.165) is 50.0 Å². The van der Waals surface area contributed by atoms with Gasteiger partial charge in [-0.25, -0.2) is 13.2 Å². The van der Waals surface area contributed by atoms with Crippen molar-refractivity contribution in [2.24, 2.45) is 5.41 Å². The molecule has 38 heavy (non-hydrogen) atoms. The van der Waals surface area contributed by atoms with Gasteiger partial charge in [0.15, 0.2) is 9.84 Å². The number of methoxy groups -OCH3 is 2. The molecule has 1 spiro atoms. The van der Waals surface area contributed by atoms with Gasteiger partial charge in [-0.15, -0.1) is 0 Å². The molecular weight excluding hydrogens is 506 g/mol. The highest BCUT2D eigenvalue weighted by atomic mass is 32.2. The van der Waals surface area contributed by atoms with E-state index in [1.807, 2.05) is 29.2 Å². The lowest BCUT2D eigenvalue weighted by molar-refractivity contribution is -0.138. The van der Waals surface area contributed by atoms with Gasteiger partial charge >= 0.3 is 6.09 Å². The number of hydrogen-bond acceptors (Lipinski definition) is 7. The number of hydrogen-bond donors (Lipinski definition) is 1. The first kappa shape index (κ1) is 27.9. The van der Waals surface area contributed by atoms with E-state index in [1.54, 1.807) is 31.4 Å². The van der Waals surface area contributed by atoms with Crippen molar-refractivity contribution in [3.8, 4) is 5.75 Å². The van der Waals surface area contributed by atoms with Crippen molar-refractivity contribution in [1.82, 2.24) is 15.1 Å². The Morgan fingerprint density at radius 1 is 1.03 bits per heavy atom. The van der Waals surface area contributed by atoms with Crippen LogP contribution in [0.2, 0.25) is 0 Å². The maximum Gasteiger partial charge on any atom is 0.407 e. The summed E-state index contributed by atoms with van der Waals surface area (Å²) in [6, 6.07) is 14.2. The van der Waals surface area contributed by atoms with Gasteiger partial charge < -0.3 is 24.6 Å². The van der Waals surface area contributed by atoms with Crippen molar-refractivity contribution in [3.63, 3.8) is 0 Å². The van der Waals surface area contributed by atoms with Gasteiger partial charge in [0.25, 0.3) is 0 Å². The fourth-order valence-corrected chi connectivity index (χ4v) is 6.18. The van der Waals surface area contributed by atoms with Crippen molar-refractivity contribution in [3.05, 3.63) is 59.7 Å². The average Bonchev–Trinajstić information content (AvgIpc) is 3.21. The monoisotopic (exact) mass is 543 g/mol. The van der Waals surface area contributed by atoms with E-state index in [9.17, 15) is 18.0 Å². The van der Waals surface area contributed by atoms with Crippen LogP contribution >= 0.6 is 0 Å². The Morgan fingerprint density at radius 2 is 1.68 bits per heavy atom. The molecule has 0 aromatic heterocycles. The Bertz CT molecular complexity index is 1240. The molecule has 0 bridgehead atoms. The third-order valence-electron chi connectivity index (χ3n) is 7.87. The van der Waals surface area contributed by atoms with Gasteiger partial charge in [-0.2, -0.15) is 0 Å². The number of para-hydroxylation sites is 1. The fourth-order valence-electron chi connectivity index (χ4n) is 5.55. The molecule has 2 amide bonds. The Morgan fingerprint density at radius 3 is 2.32 bits per heavy atom. The van der Waals surface area contributed by atoms with Crippen molar-refractivity contribution in [1.29, 1.82) is 0 Å². The van der Waals surface area contributed by atoms with Crippen LogP contribution in [0.25, 0.3) is 0 Å². The van der Waals surface area contributed by atoms with Crippen LogP contribution in [0.5, 0.6) is 5.75 Å². The van der Waals surface area contributed by atoms with Crippen LogP contribution in [0, 0.1) is 5.41 Å². The first-order valence-corrected chi connectivity index (χ1v) is 14.8. The van der Waals surface area contributed by atoms with Gasteiger partial charge in [0.2, 0.25) is 5.91 Å². The van der Waals surface area contributed by atoms with Crippen LogP contribution < -0.4 is 10.1 Å². The number of piperidine rings is 1. The largest absolute Gasteiger partial charge is 0.496 e. The van der Waals surface area contributed by atoms with E-state index >= 15 is 0 Å². The summed E-state index contributed by atoms with van der Waals surface area (Å²) in [5.41, 5.74) is 1.51. The van der Waals surface area contributed by atoms with Crippen LogP contribution in [0.15, 0.2) is 53.4 Å². The van der Waals surface area contributed by atoms with Crippen molar-refractivity contribution < 1.29 is 27.5 Å². The maximum atomic E-state index is 13.4. The van der Waals surface area contributed by atoms with Crippen LogP contribution in [0.1, 0.15) is 42.9 Å². The minimum absolute atomic E-state index is 0.198. The average molecular weight is 544 g/mol. The zero-order valence-electron chi connectivity index (χ0n) is 22.3. The van der Waals surface area contributed by atoms with Crippen LogP contribution in [-0.2, 0) is 25.9 Å². The molecule has 2 heterocycles. The number of nitrogens with one attached hydrogen (secondary N) is 1. The molecule has 2 aromatic rings. The van der Waals surface area contributed by atoms with Gasteiger partial charge in [-0.3, -0.25) is 4.79 Å². The minimum Gasteiger partial charge on any atom is -0.496 e. The Hall–Kier alpha value is -3.11. The summed E-state index contributed by atoms with van der Waals surface area (Å²) in [6.45, 7) is 3.62. The molecule has 2 fully saturated rings. The highest BCUT2D eigenvalue weighted by molar-refractivity contribution is 7.90. The second-order valence-corrected chi connectivity index (χ2v) is 12.2. The lowest BCUT2D eigenvalue weighted by Gasteiger charge is -2.38. The highest BCUT2D eigenvalue weighted by Crippen LogP contribution is 2.42. The first-order chi connectivity index (χ1) is 18.1. The number of sulfone groups is 1. The number of rotatable bonds is 9. The maximum absolute atomic E-state index is 13.4. The SMILES string of the molecule is COC(=O)NC(CCN1CCC2(CC1)CCN(Cc1ccc(S(C)(=O)=O)cc1)C2=O)c1ccccc1OC. The second-order valence-electron chi connectivity index (χ2n) is 10.2. The minimum atomic E-state index is -3.24. The molecule has 2 aliphatic rings. The summed E-state index contributed by atoms with van der Waals surface area (Å²) < 4.78 is 33.8. The quantitative estimate of drug-likeness (QED) is 0.517. The van der Waals surface area contributed by atoms with E-state index < -0.39 is 15.9 Å². The van der Waals surface area contributed by atoms with Crippen LogP contribution in [0.4, 0.5) is 4.79 Å². The molecule has 2 aliphatic heterocycles. The third-order valence-corrected chi connectivity index (χ3v) is 8.99. The molecule has 9 nitrogen and oxygen atoms in total. The Balaban J connectivity index is 1.33. The van der Waals surface area contributed by atoms with Gasteiger partial charge in [0.1, 0.15) is 5.75 Å². The predicted molar refractivity (Wildman–Crippen MR) is 144 cm³/mol. The van der Waals surface area contributed by atoms with Gasteiger partial charge in [0, 0.05) is 31.5 Å². The lowest BCUT2D eigenvalue weighted by Crippen LogP contribution is -2.45. The zero-order chi connectivity index (χ0) is 27.3. The molecular formula is C28H37N3O6S. The standard InChI is InChI=1S/C28H37N3O6S/c1-36-25-7-5-4-6-23(25)24(29-27(33)37-2)12-16-30-17-13-28(14-18-30)15-19-31(26(28)32)20-21-8-10-22(11-9-21)38(3,34)35/h4-11,24H,12-20H2,1-3H3,(H,29,33). The summed E-state index contributed by atoms with van der Waals surface area (Å²) in [5.74, 6) is 0.915. The molecule has 4 rings (SSSR count). The number of benzene rings is 2. The Kier molecular flexibility index (Phi) is 8.62. The zero-order valence-corrected chi connectivity index (χ0v) is 23.1. The van der Waals surface area contributed by atoms with Crippen LogP contribution in [0.3, 0.4) is 0 Å². The Labute approximate surface area is 225 Å². The molecule has 1 N–H and O–H groups in total. The number of ether oxygens (including phenoxy) is 2. The lowest BCUT2D eigenvalue weighted by atomic mass is 9.77. The first-order valence-electron chi connectivity index (χ1n) is 12.9. The summed E-state index contributed by atoms with van der Waals surface area (Å²) in [6.07, 6.45) is 3.84. The molecule has 10 heteroatoms. The van der Waals surface area contributed by atoms with Crippen molar-refractivity contribution >= 4 is 21.8 Å². The number of carbonyl (C=O) groups is 2. The smallest absolute Gasteiger partial charge is 0.407 e. The number of amides is 2. The molecule has 0 radical (unpaired) electrons. The van der Waals surface area contributed by atoms with Crippen LogP contribution in [-0.4, -0.2) is 76.9 Å². The second kappa shape index (κ2) is 11.7. The number of carbonyl (C=O) groups excluding carboxylic acids is 2. The van der Waals surface area contributed by atoms with E-state index in [2.05, 4.69) is 10.2 Å². The fraction of sp³-hybridized carbons (Fsp3) is 0.500. The molecule has 2 saturated heterocycles. The predicted octanol–water partition coefficient (Wildman–Crippen LogP) is 3.40. The topological polar surface area (TPSA) is 105 Å². The molecule has 1 unspecified atom stereocenters. The third kappa shape index (κ3) is 6.30. The van der Waals surface area contributed by atoms with Gasteiger partial charge in [0.05, 0.1) is 30.6 Å². The van der Waals surface area contributed by atoms with E-state index in [0.29, 0.717) is 25.3 Å². The molecule has 206 valence electrons. The van der Waals surface area contributed by atoms with Gasteiger partial charge in [-0.1, -0.05) is 30.3 Å². The van der Waals surface area contributed by atoms with E-state index in [4.69, 9.17) is 9.47 Å². The van der Waals surface area contributed by atoms with E-state index in [1.165, 1.54) is 13.4 Å². The molecule has 2 aromatic carbocycles. The molecule has 0 aliphatic carbocycles. The summed E-state index contributed by atoms with van der Waals surface area (Å²) in [5, 5.41) is 2.93. The summed E-state index contributed by atoms with van der Waals surface area (Å²) in [7, 11) is -0.272. The molecule has 0 saturated carbocycles. The van der Waals surface area contributed by atoms with Crippen molar-refractivity contribution in [2.45, 2.75) is 43.2 Å². The van der Waals surface area contributed by atoms with E-state index in [-0.39, 0.29) is 22.3 Å². The summed E-state index contributed by atoms with van der Waals surface area (Å²) >= 11 is 0. The number of nitrogens with zero attached hydrogens (tertiary/aromatic N) is 2. The normalized spacial score (nSPS) is 18.4. The highest BCUT2D eigenvalue weighted by Gasteiger charge is 2.47. The summed E-state index contributed by atoms with van der Waals surface area (Å²) in [4.78, 5) is 30.0. The van der Waals surface area contributed by atoms with Crippen molar-refractivity contribution in [2.75, 3.05) is 46.7 Å². The number of likely N-dealkylation sites (tertiary alicyclic amines) is 2. The van der Waals surface area contributed by atoms with Gasteiger partial charge in [-0.05, 0) is 62.5 Å².